The van der Waals surface area contributed by atoms with E-state index in [2.05, 4.69) is 4.98 Å². The molecule has 0 saturated carbocycles. The Hall–Kier alpha value is -5.68. The van der Waals surface area contributed by atoms with Gasteiger partial charge in [0.1, 0.15) is 35.3 Å². The number of hydrogen-bond acceptors (Lipinski definition) is 11. The van der Waals surface area contributed by atoms with Gasteiger partial charge in [0, 0.05) is 56.3 Å². The van der Waals surface area contributed by atoms with E-state index in [1.165, 1.54) is 18.2 Å². The van der Waals surface area contributed by atoms with Crippen molar-refractivity contribution in [3.05, 3.63) is 94.5 Å². The van der Waals surface area contributed by atoms with Gasteiger partial charge in [-0.05, 0) is 99.8 Å². The summed E-state index contributed by atoms with van der Waals surface area (Å²) in [7, 11) is 3.13. The van der Waals surface area contributed by atoms with Crippen LogP contribution in [0.25, 0.3) is 22.2 Å². The zero-order valence-electron chi connectivity index (χ0n) is 36.3. The van der Waals surface area contributed by atoms with Gasteiger partial charge in [0.25, 0.3) is 6.43 Å². The van der Waals surface area contributed by atoms with E-state index in [9.17, 15) is 26.7 Å². The van der Waals surface area contributed by atoms with Crippen LogP contribution in [0.2, 0.25) is 5.02 Å². The number of hydrogen-bond donors (Lipinski definition) is 0. The topological polar surface area (TPSA) is 106 Å². The minimum absolute atomic E-state index is 0.0184. The van der Waals surface area contributed by atoms with Crippen LogP contribution in [0.4, 0.5) is 38.4 Å². The molecule has 18 heteroatoms. The zero-order chi connectivity index (χ0) is 45.8. The Balaban J connectivity index is 1.29. The summed E-state index contributed by atoms with van der Waals surface area (Å²) in [6, 6.07) is 19.7. The first-order valence-corrected chi connectivity index (χ1v) is 21.3. The van der Waals surface area contributed by atoms with E-state index >= 15 is 0 Å². The highest BCUT2D eigenvalue weighted by Gasteiger charge is 2.36. The molecule has 0 N–H and O–H groups in total. The lowest BCUT2D eigenvalue weighted by atomic mass is 10.0. The number of benzene rings is 3. The van der Waals surface area contributed by atoms with Crippen molar-refractivity contribution < 1.29 is 45.7 Å². The molecule has 2 aliphatic heterocycles. The van der Waals surface area contributed by atoms with Crippen molar-refractivity contribution in [3.63, 3.8) is 0 Å². The number of fused-ring (bicyclic) bond motifs is 1. The second-order valence-corrected chi connectivity index (χ2v) is 17.1. The quantitative estimate of drug-likeness (QED) is 0.0995. The zero-order valence-corrected chi connectivity index (χ0v) is 37.1. The average Bonchev–Trinajstić information content (AvgIpc) is 3.70. The van der Waals surface area contributed by atoms with E-state index in [1.54, 1.807) is 44.8 Å². The minimum Gasteiger partial charge on any atom is -0.497 e. The summed E-state index contributed by atoms with van der Waals surface area (Å²) in [5, 5.41) is 0.399. The fraction of sp³-hybridized carbons (Fsp3) is 0.435. The van der Waals surface area contributed by atoms with E-state index in [0.29, 0.717) is 61.8 Å². The molecule has 0 aliphatic carbocycles. The lowest BCUT2D eigenvalue weighted by molar-refractivity contribution is -0.137. The van der Waals surface area contributed by atoms with E-state index in [4.69, 9.17) is 40.5 Å². The number of ether oxygens (including phenoxy) is 4. The summed E-state index contributed by atoms with van der Waals surface area (Å²) in [5.74, 6) is 1.95. The number of alkyl halides is 5. The molecule has 2 fully saturated rings. The van der Waals surface area contributed by atoms with E-state index in [-0.39, 0.29) is 53.7 Å². The number of carbonyl (C=O) groups is 1. The maximum absolute atomic E-state index is 15.0. The smallest absolute Gasteiger partial charge is 0.418 e. The monoisotopic (exact) mass is 911 g/mol. The number of amides is 1. The van der Waals surface area contributed by atoms with Crippen LogP contribution in [-0.2, 0) is 24.0 Å². The van der Waals surface area contributed by atoms with Gasteiger partial charge in [-0.3, -0.25) is 4.90 Å². The van der Waals surface area contributed by atoms with Crippen LogP contribution in [0.5, 0.6) is 17.5 Å². The maximum atomic E-state index is 15.0. The Labute approximate surface area is 373 Å². The number of piperazine rings is 1. The van der Waals surface area contributed by atoms with Crippen molar-refractivity contribution in [3.8, 4) is 28.8 Å². The van der Waals surface area contributed by atoms with Gasteiger partial charge in [-0.15, -0.1) is 0 Å². The lowest BCUT2D eigenvalue weighted by Gasteiger charge is -2.36. The molecule has 2 aliphatic rings. The first kappa shape index (κ1) is 46.3. The predicted octanol–water partition coefficient (Wildman–Crippen LogP) is 9.75. The molecular formula is C46H51ClF5N7O5. The number of aromatic nitrogens is 3. The summed E-state index contributed by atoms with van der Waals surface area (Å²) >= 11 is 7.00. The van der Waals surface area contributed by atoms with Crippen molar-refractivity contribution in [2.75, 3.05) is 69.9 Å². The SMILES string of the molecule is COc1ccc(CN(Cc2ccc(OC)cc2)c2ccc(C(F)(F)F)c(-c3cc4nc(OCC5CCCN5CC(F)F)nc(N5CCN(C(=O)OC(C)(C)C)CC5)c4cc3Cl)n2)cc1. The van der Waals surface area contributed by atoms with Crippen LogP contribution in [0.1, 0.15) is 50.3 Å². The maximum Gasteiger partial charge on any atom is 0.418 e. The van der Waals surface area contributed by atoms with Crippen LogP contribution < -0.4 is 24.0 Å². The van der Waals surface area contributed by atoms with Crippen molar-refractivity contribution in [2.24, 2.45) is 0 Å². The molecule has 5 aromatic rings. The second kappa shape index (κ2) is 19.6. The first-order chi connectivity index (χ1) is 30.5. The van der Waals surface area contributed by atoms with Crippen molar-refractivity contribution in [1.82, 2.24) is 24.8 Å². The second-order valence-electron chi connectivity index (χ2n) is 16.7. The van der Waals surface area contributed by atoms with E-state index in [1.807, 2.05) is 58.3 Å². The fourth-order valence-electron chi connectivity index (χ4n) is 7.88. The Morgan fingerprint density at radius 1 is 0.844 bits per heavy atom. The van der Waals surface area contributed by atoms with Gasteiger partial charge in [-0.1, -0.05) is 35.9 Å². The largest absolute Gasteiger partial charge is 0.497 e. The molecule has 1 atom stereocenters. The molecule has 1 unspecified atom stereocenters. The average molecular weight is 912 g/mol. The van der Waals surface area contributed by atoms with Crippen molar-refractivity contribution >= 4 is 40.2 Å². The molecule has 0 radical (unpaired) electrons. The molecule has 0 spiro atoms. The number of nitrogens with zero attached hydrogens (tertiary/aromatic N) is 7. The Morgan fingerprint density at radius 2 is 1.47 bits per heavy atom. The molecule has 342 valence electrons. The lowest BCUT2D eigenvalue weighted by Crippen LogP contribution is -2.50. The summed E-state index contributed by atoms with van der Waals surface area (Å²) in [6.45, 7) is 7.30. The summed E-state index contributed by atoms with van der Waals surface area (Å²) in [5.41, 5.74) is -0.183. The molecule has 3 aromatic carbocycles. The molecule has 4 heterocycles. The van der Waals surface area contributed by atoms with E-state index in [0.717, 1.165) is 23.6 Å². The molecule has 2 aromatic heterocycles. The van der Waals surface area contributed by atoms with Gasteiger partial charge in [0.05, 0.1) is 42.6 Å². The third-order valence-corrected chi connectivity index (χ3v) is 11.4. The summed E-state index contributed by atoms with van der Waals surface area (Å²) in [6.07, 6.45) is -6.43. The Kier molecular flexibility index (Phi) is 14.2. The van der Waals surface area contributed by atoms with Crippen LogP contribution in [0, 0.1) is 0 Å². The van der Waals surface area contributed by atoms with E-state index < -0.39 is 42.1 Å². The number of likely N-dealkylation sites (tertiary alicyclic amines) is 1. The normalized spacial score (nSPS) is 16.1. The highest BCUT2D eigenvalue weighted by molar-refractivity contribution is 6.34. The molecule has 64 heavy (non-hydrogen) atoms. The fourth-order valence-corrected chi connectivity index (χ4v) is 8.13. The molecule has 12 nitrogen and oxygen atoms in total. The van der Waals surface area contributed by atoms with Gasteiger partial charge in [0.2, 0.25) is 0 Å². The Morgan fingerprint density at radius 3 is 2.03 bits per heavy atom. The van der Waals surface area contributed by atoms with Crippen LogP contribution in [0.15, 0.2) is 72.8 Å². The molecular weight excluding hydrogens is 861 g/mol. The van der Waals surface area contributed by atoms with Crippen molar-refractivity contribution in [2.45, 2.75) is 70.9 Å². The first-order valence-electron chi connectivity index (χ1n) is 21.0. The number of carbonyl (C=O) groups excluding carboxylic acids is 1. The highest BCUT2D eigenvalue weighted by Crippen LogP contribution is 2.42. The predicted molar refractivity (Wildman–Crippen MR) is 235 cm³/mol. The summed E-state index contributed by atoms with van der Waals surface area (Å²) in [4.78, 5) is 34.1. The van der Waals surface area contributed by atoms with Gasteiger partial charge < -0.3 is 33.6 Å². The number of anilines is 2. The van der Waals surface area contributed by atoms with Gasteiger partial charge >= 0.3 is 18.3 Å². The van der Waals surface area contributed by atoms with Gasteiger partial charge in [-0.2, -0.15) is 23.1 Å². The number of rotatable bonds is 14. The molecule has 7 rings (SSSR count). The number of pyridine rings is 1. The van der Waals surface area contributed by atoms with Crippen molar-refractivity contribution in [1.29, 1.82) is 0 Å². The number of halogens is 6. The van der Waals surface area contributed by atoms with Crippen LogP contribution >= 0.6 is 11.6 Å². The highest BCUT2D eigenvalue weighted by atomic mass is 35.5. The number of methoxy groups -OCH3 is 2. The van der Waals surface area contributed by atoms with Gasteiger partial charge in [-0.25, -0.2) is 18.6 Å². The third kappa shape index (κ3) is 11.3. The van der Waals surface area contributed by atoms with Gasteiger partial charge in [0.15, 0.2) is 0 Å². The Bertz CT molecular complexity index is 2350. The molecule has 0 bridgehead atoms. The van der Waals surface area contributed by atoms with Crippen LogP contribution in [-0.4, -0.2) is 109 Å². The standard InChI is InChI=1S/C46H51ClF5N7O5/c1-45(2,3)64-44(60)57-21-19-56(20-22-57)42-35-23-37(47)34(24-38(35)53-43(55-42)63-28-31-7-6-18-58(31)27-39(48)49)41-36(46(50,51)52)16-17-40(54-41)59(25-29-8-12-32(61-4)13-9-29)26-30-10-14-33(62-5)15-11-30/h8-17,23-24,31,39H,6-7,18-22,25-28H2,1-5H3. The molecule has 1 amide bonds. The summed E-state index contributed by atoms with van der Waals surface area (Å²) < 4.78 is 94.2. The molecule has 2 saturated heterocycles. The third-order valence-electron chi connectivity index (χ3n) is 11.1. The van der Waals surface area contributed by atoms with Crippen LogP contribution in [0.3, 0.4) is 0 Å². The minimum atomic E-state index is -4.82.